The first kappa shape index (κ1) is 19.8. The van der Waals surface area contributed by atoms with Crippen molar-refractivity contribution in [3.8, 4) is 0 Å². The quantitative estimate of drug-likeness (QED) is 0.509. The number of carbonyl (C=O) groups is 2. The van der Waals surface area contributed by atoms with Crippen LogP contribution in [0.25, 0.3) is 0 Å². The predicted molar refractivity (Wildman–Crippen MR) is 94.2 cm³/mol. The Morgan fingerprint density at radius 3 is 1.59 bits per heavy atom. The molecule has 0 spiro atoms. The van der Waals surface area contributed by atoms with E-state index in [4.69, 9.17) is 0 Å². The topological polar surface area (TPSA) is 143 Å². The normalized spacial score (nSPS) is 11.0. The summed E-state index contributed by atoms with van der Waals surface area (Å²) in [5.41, 5.74) is -2.48. The summed E-state index contributed by atoms with van der Waals surface area (Å²) in [5, 5.41) is 24.3. The van der Waals surface area contributed by atoms with Crippen molar-refractivity contribution in [3.05, 3.63) is 68.5 Å². The van der Waals surface area contributed by atoms with Gasteiger partial charge in [-0.1, -0.05) is 26.0 Å². The molecule has 2 heterocycles. The Morgan fingerprint density at radius 1 is 0.852 bits per heavy atom. The van der Waals surface area contributed by atoms with E-state index in [0.29, 0.717) is 0 Å². The minimum atomic E-state index is -0.730. The third-order valence-electron chi connectivity index (χ3n) is 3.78. The van der Waals surface area contributed by atoms with Crippen LogP contribution in [0.1, 0.15) is 34.8 Å². The molecule has 0 aromatic carbocycles. The van der Waals surface area contributed by atoms with Gasteiger partial charge < -0.3 is 21.0 Å². The third-order valence-corrected chi connectivity index (χ3v) is 3.78. The van der Waals surface area contributed by atoms with Gasteiger partial charge in [0.15, 0.2) is 0 Å². The van der Waals surface area contributed by atoms with Crippen molar-refractivity contribution >= 4 is 11.8 Å². The molecular weight excluding hydrogens is 356 g/mol. The number of amides is 2. The van der Waals surface area contributed by atoms with Gasteiger partial charge in [0.1, 0.15) is 11.4 Å². The van der Waals surface area contributed by atoms with Gasteiger partial charge in [0.05, 0.1) is 0 Å². The van der Waals surface area contributed by atoms with Crippen LogP contribution in [-0.2, 0) is 0 Å². The molecule has 2 aromatic heterocycles. The first-order valence-electron chi connectivity index (χ1n) is 8.01. The van der Waals surface area contributed by atoms with Crippen molar-refractivity contribution in [1.29, 1.82) is 0 Å². The maximum atomic E-state index is 12.1. The van der Waals surface area contributed by atoms with Crippen LogP contribution in [0.2, 0.25) is 0 Å². The summed E-state index contributed by atoms with van der Waals surface area (Å²) in [4.78, 5) is 46.9. The SMILES string of the molecule is CC(C)(CNC(=O)c1cccc(=O)n1O)CNC(=O)c1cccc(=O)n1O. The molecule has 2 aromatic rings. The Hall–Kier alpha value is -3.56. The lowest BCUT2D eigenvalue weighted by atomic mass is 9.93. The Labute approximate surface area is 153 Å². The third kappa shape index (κ3) is 4.75. The van der Waals surface area contributed by atoms with E-state index in [1.165, 1.54) is 24.3 Å². The van der Waals surface area contributed by atoms with E-state index < -0.39 is 28.3 Å². The van der Waals surface area contributed by atoms with E-state index in [-0.39, 0.29) is 33.9 Å². The Kier molecular flexibility index (Phi) is 5.69. The summed E-state index contributed by atoms with van der Waals surface area (Å²) in [5.74, 6) is -1.30. The van der Waals surface area contributed by atoms with Crippen molar-refractivity contribution in [3.63, 3.8) is 0 Å². The van der Waals surface area contributed by atoms with Crippen LogP contribution in [0.5, 0.6) is 0 Å². The summed E-state index contributed by atoms with van der Waals surface area (Å²) in [6, 6.07) is 7.51. The van der Waals surface area contributed by atoms with Crippen molar-refractivity contribution in [2.45, 2.75) is 13.8 Å². The molecule has 2 amide bonds. The molecule has 4 N–H and O–H groups in total. The summed E-state index contributed by atoms with van der Waals surface area (Å²) in [7, 11) is 0. The van der Waals surface area contributed by atoms with E-state index in [1.807, 2.05) is 0 Å². The van der Waals surface area contributed by atoms with Crippen molar-refractivity contribution in [2.24, 2.45) is 5.41 Å². The number of carbonyl (C=O) groups excluding carboxylic acids is 2. The highest BCUT2D eigenvalue weighted by Crippen LogP contribution is 2.12. The molecule has 144 valence electrons. The fraction of sp³-hybridized carbons (Fsp3) is 0.294. The van der Waals surface area contributed by atoms with Crippen LogP contribution in [0, 0.1) is 5.41 Å². The van der Waals surface area contributed by atoms with Gasteiger partial charge in [0.2, 0.25) is 0 Å². The highest BCUT2D eigenvalue weighted by molar-refractivity contribution is 5.93. The second kappa shape index (κ2) is 7.77. The number of nitrogens with zero attached hydrogens (tertiary/aromatic N) is 2. The fourth-order valence-electron chi connectivity index (χ4n) is 2.19. The molecule has 0 atom stereocenters. The van der Waals surface area contributed by atoms with Gasteiger partial charge in [-0.3, -0.25) is 19.2 Å². The lowest BCUT2D eigenvalue weighted by Gasteiger charge is -2.25. The monoisotopic (exact) mass is 376 g/mol. The summed E-state index contributed by atoms with van der Waals surface area (Å²) in [6.45, 7) is 3.77. The van der Waals surface area contributed by atoms with Crippen LogP contribution < -0.4 is 21.8 Å². The van der Waals surface area contributed by atoms with Gasteiger partial charge in [0.25, 0.3) is 22.9 Å². The number of rotatable bonds is 6. The van der Waals surface area contributed by atoms with Crippen LogP contribution in [-0.4, -0.2) is 44.8 Å². The number of hydrogen-bond donors (Lipinski definition) is 4. The molecule has 0 aliphatic rings. The zero-order valence-electron chi connectivity index (χ0n) is 14.8. The molecule has 0 saturated heterocycles. The first-order valence-corrected chi connectivity index (χ1v) is 8.01. The van der Waals surface area contributed by atoms with Crippen molar-refractivity contribution in [2.75, 3.05) is 13.1 Å². The minimum Gasteiger partial charge on any atom is -0.425 e. The van der Waals surface area contributed by atoms with Gasteiger partial charge >= 0.3 is 0 Å². The average molecular weight is 376 g/mol. The standard InChI is InChI=1S/C17H20N4O6/c1-17(2,9-18-15(24)11-5-3-7-13(22)20(11)26)10-19-16(25)12-6-4-8-14(23)21(12)27/h3-8,26-27H,9-10H2,1-2H3,(H,18,24)(H,19,25). The van der Waals surface area contributed by atoms with E-state index in [1.54, 1.807) is 13.8 Å². The van der Waals surface area contributed by atoms with E-state index in [2.05, 4.69) is 10.6 Å². The number of pyridine rings is 2. The lowest BCUT2D eigenvalue weighted by molar-refractivity contribution is 0.0860. The average Bonchev–Trinajstić information content (AvgIpc) is 2.62. The van der Waals surface area contributed by atoms with Gasteiger partial charge in [-0.05, 0) is 17.5 Å². The second-order valence-electron chi connectivity index (χ2n) is 6.65. The summed E-state index contributed by atoms with van der Waals surface area (Å²) >= 11 is 0. The molecule has 0 radical (unpaired) electrons. The van der Waals surface area contributed by atoms with Gasteiger partial charge in [-0.2, -0.15) is 0 Å². The number of hydrogen-bond acceptors (Lipinski definition) is 6. The first-order chi connectivity index (χ1) is 12.6. The molecular formula is C17H20N4O6. The number of aromatic nitrogens is 2. The molecule has 2 rings (SSSR count). The molecule has 0 unspecified atom stereocenters. The predicted octanol–water partition coefficient (Wildman–Crippen LogP) is -0.329. The van der Waals surface area contributed by atoms with Crippen molar-refractivity contribution in [1.82, 2.24) is 20.1 Å². The fourth-order valence-corrected chi connectivity index (χ4v) is 2.19. The van der Waals surface area contributed by atoms with Crippen LogP contribution in [0.3, 0.4) is 0 Å². The summed E-state index contributed by atoms with van der Waals surface area (Å²) in [6.07, 6.45) is 0. The second-order valence-corrected chi connectivity index (χ2v) is 6.65. The molecule has 0 fully saturated rings. The molecule has 0 aliphatic heterocycles. The van der Waals surface area contributed by atoms with Gasteiger partial charge in [0, 0.05) is 25.2 Å². The molecule has 0 bridgehead atoms. The maximum Gasteiger partial charge on any atom is 0.283 e. The molecule has 10 nitrogen and oxygen atoms in total. The lowest BCUT2D eigenvalue weighted by Crippen LogP contribution is -2.43. The Balaban J connectivity index is 1.96. The van der Waals surface area contributed by atoms with Gasteiger partial charge in [-0.25, -0.2) is 0 Å². The van der Waals surface area contributed by atoms with Crippen LogP contribution in [0.15, 0.2) is 46.0 Å². The summed E-state index contributed by atoms with van der Waals surface area (Å²) < 4.78 is 0.500. The van der Waals surface area contributed by atoms with Crippen molar-refractivity contribution < 1.29 is 20.0 Å². The highest BCUT2D eigenvalue weighted by atomic mass is 16.5. The van der Waals surface area contributed by atoms with E-state index in [0.717, 1.165) is 12.1 Å². The largest absolute Gasteiger partial charge is 0.425 e. The van der Waals surface area contributed by atoms with Crippen LogP contribution >= 0.6 is 0 Å². The molecule has 27 heavy (non-hydrogen) atoms. The smallest absolute Gasteiger partial charge is 0.283 e. The minimum absolute atomic E-state index is 0.121. The van der Waals surface area contributed by atoms with Crippen LogP contribution in [0.4, 0.5) is 0 Å². The molecule has 0 aliphatic carbocycles. The molecule has 0 saturated carbocycles. The number of nitrogens with one attached hydrogen (secondary N) is 2. The van der Waals surface area contributed by atoms with E-state index >= 15 is 0 Å². The zero-order valence-corrected chi connectivity index (χ0v) is 14.8. The van der Waals surface area contributed by atoms with E-state index in [9.17, 15) is 29.6 Å². The maximum absolute atomic E-state index is 12.1. The highest BCUT2D eigenvalue weighted by Gasteiger charge is 2.22. The van der Waals surface area contributed by atoms with Gasteiger partial charge in [-0.15, -0.1) is 9.46 Å². The molecule has 10 heteroatoms. The zero-order chi connectivity index (χ0) is 20.2. The Morgan fingerprint density at radius 2 is 1.22 bits per heavy atom. The Bertz CT molecular complexity index is 898.